The van der Waals surface area contributed by atoms with Gasteiger partial charge in [0.25, 0.3) is 0 Å². The summed E-state index contributed by atoms with van der Waals surface area (Å²) in [7, 11) is 1.30. The van der Waals surface area contributed by atoms with Gasteiger partial charge in [0.1, 0.15) is 0 Å². The first kappa shape index (κ1) is 11.8. The van der Waals surface area contributed by atoms with Crippen molar-refractivity contribution in [3.63, 3.8) is 0 Å². The number of methoxy groups -OCH3 is 1. The fraction of sp³-hybridized carbons (Fsp3) is 0.429. The van der Waals surface area contributed by atoms with Gasteiger partial charge in [0.2, 0.25) is 0 Å². The predicted molar refractivity (Wildman–Crippen MR) is 50.9 cm³/mol. The highest BCUT2D eigenvalue weighted by molar-refractivity contribution is 5.92. The number of esters is 1. The van der Waals surface area contributed by atoms with Crippen molar-refractivity contribution in [1.82, 2.24) is 9.78 Å². The van der Waals surface area contributed by atoms with Gasteiger partial charge in [-0.2, -0.15) is 5.10 Å². The van der Waals surface area contributed by atoms with E-state index in [2.05, 4.69) is 9.84 Å². The van der Waals surface area contributed by atoms with Crippen LogP contribution in [0.1, 0.15) is 17.4 Å². The first-order valence-corrected chi connectivity index (χ1v) is 3.60. The second-order valence-corrected chi connectivity index (χ2v) is 2.28. The molecule has 0 aliphatic carbocycles. The van der Waals surface area contributed by atoms with E-state index in [1.165, 1.54) is 7.11 Å². The average molecular weight is 206 g/mol. The maximum absolute atomic E-state index is 11.0. The van der Waals surface area contributed by atoms with Crippen LogP contribution < -0.4 is 5.73 Å². The number of ether oxygens (including phenoxy) is 1. The number of halogens is 1. The Labute approximate surface area is 82.3 Å². The highest BCUT2D eigenvalue weighted by Crippen LogP contribution is 2.09. The third kappa shape index (κ3) is 2.35. The van der Waals surface area contributed by atoms with E-state index in [-0.39, 0.29) is 18.1 Å². The van der Waals surface area contributed by atoms with E-state index in [9.17, 15) is 4.79 Å². The molecule has 0 unspecified atom stereocenters. The van der Waals surface area contributed by atoms with Crippen LogP contribution in [0, 0.1) is 0 Å². The van der Waals surface area contributed by atoms with Crippen molar-refractivity contribution >= 4 is 24.1 Å². The van der Waals surface area contributed by atoms with Crippen molar-refractivity contribution in [2.75, 3.05) is 12.8 Å². The van der Waals surface area contributed by atoms with Gasteiger partial charge >= 0.3 is 5.97 Å². The van der Waals surface area contributed by atoms with Crippen LogP contribution in [0.3, 0.4) is 0 Å². The Balaban J connectivity index is 0.00000144. The normalized spacial score (nSPS) is 9.08. The molecule has 1 aromatic heterocycles. The van der Waals surface area contributed by atoms with Crippen molar-refractivity contribution < 1.29 is 9.53 Å². The molecule has 74 valence electrons. The molecule has 13 heavy (non-hydrogen) atoms. The van der Waals surface area contributed by atoms with Crippen molar-refractivity contribution in [2.45, 2.75) is 13.5 Å². The van der Waals surface area contributed by atoms with Gasteiger partial charge in [-0.25, -0.2) is 4.79 Å². The van der Waals surface area contributed by atoms with E-state index in [1.807, 2.05) is 6.92 Å². The largest absolute Gasteiger partial charge is 0.464 e. The van der Waals surface area contributed by atoms with Crippen LogP contribution in [0.15, 0.2) is 6.20 Å². The summed E-state index contributed by atoms with van der Waals surface area (Å²) < 4.78 is 6.07. The number of carbonyl (C=O) groups is 1. The number of aromatic nitrogens is 2. The molecule has 1 aromatic rings. The summed E-state index contributed by atoms with van der Waals surface area (Å²) in [5.41, 5.74) is 6.04. The van der Waals surface area contributed by atoms with Crippen LogP contribution in [0.25, 0.3) is 0 Å². The first-order chi connectivity index (χ1) is 5.69. The molecule has 0 aliphatic rings. The van der Waals surface area contributed by atoms with Crippen LogP contribution in [0.5, 0.6) is 0 Å². The van der Waals surface area contributed by atoms with E-state index in [0.29, 0.717) is 12.2 Å². The number of nitrogen functional groups attached to an aromatic ring is 1. The molecule has 0 fully saturated rings. The Morgan fingerprint density at radius 2 is 2.38 bits per heavy atom. The zero-order valence-electron chi connectivity index (χ0n) is 7.48. The minimum absolute atomic E-state index is 0. The van der Waals surface area contributed by atoms with E-state index < -0.39 is 5.97 Å². The lowest BCUT2D eigenvalue weighted by molar-refractivity contribution is 0.0594. The van der Waals surface area contributed by atoms with E-state index in [4.69, 9.17) is 5.73 Å². The van der Waals surface area contributed by atoms with Crippen molar-refractivity contribution in [3.8, 4) is 0 Å². The van der Waals surface area contributed by atoms with Gasteiger partial charge < -0.3 is 10.5 Å². The molecular formula is C7H12ClN3O2. The molecule has 0 bridgehead atoms. The monoisotopic (exact) mass is 205 g/mol. The number of hydrogen-bond acceptors (Lipinski definition) is 4. The fourth-order valence-electron chi connectivity index (χ4n) is 0.854. The van der Waals surface area contributed by atoms with Crippen LogP contribution in [-0.4, -0.2) is 22.9 Å². The molecule has 0 atom stereocenters. The summed E-state index contributed by atoms with van der Waals surface area (Å²) in [4.78, 5) is 11.0. The second kappa shape index (κ2) is 4.71. The Kier molecular flexibility index (Phi) is 4.27. The van der Waals surface area contributed by atoms with Crippen LogP contribution in [0.4, 0.5) is 5.69 Å². The van der Waals surface area contributed by atoms with Gasteiger partial charge in [-0.3, -0.25) is 4.68 Å². The van der Waals surface area contributed by atoms with Crippen LogP contribution in [0.2, 0.25) is 0 Å². The molecule has 2 N–H and O–H groups in total. The van der Waals surface area contributed by atoms with Gasteiger partial charge in [0.05, 0.1) is 12.8 Å². The minimum Gasteiger partial charge on any atom is -0.464 e. The topological polar surface area (TPSA) is 70.1 Å². The maximum Gasteiger partial charge on any atom is 0.360 e. The number of aryl methyl sites for hydroxylation is 1. The molecular weight excluding hydrogens is 194 g/mol. The predicted octanol–water partition coefficient (Wildman–Crippen LogP) is 0.694. The second-order valence-electron chi connectivity index (χ2n) is 2.28. The third-order valence-electron chi connectivity index (χ3n) is 1.49. The lowest BCUT2D eigenvalue weighted by Crippen LogP contribution is -2.06. The van der Waals surface area contributed by atoms with Gasteiger partial charge in [-0.05, 0) is 6.92 Å². The molecule has 5 nitrogen and oxygen atoms in total. The molecule has 0 amide bonds. The van der Waals surface area contributed by atoms with Gasteiger partial charge in [0, 0.05) is 12.7 Å². The molecule has 0 saturated heterocycles. The molecule has 1 rings (SSSR count). The molecule has 0 aliphatic heterocycles. The third-order valence-corrected chi connectivity index (χ3v) is 1.49. The Morgan fingerprint density at radius 1 is 1.77 bits per heavy atom. The van der Waals surface area contributed by atoms with Crippen LogP contribution in [-0.2, 0) is 11.3 Å². The standard InChI is InChI=1S/C7H11N3O2.ClH/c1-3-10-4-5(8)6(9-10)7(11)12-2;/h4H,3,8H2,1-2H3;1H. The SMILES string of the molecule is CCn1cc(N)c(C(=O)OC)n1.Cl. The number of carbonyl (C=O) groups excluding carboxylic acids is 1. The Bertz CT molecular complexity index is 298. The summed E-state index contributed by atoms with van der Waals surface area (Å²) in [6, 6.07) is 0. The van der Waals surface area contributed by atoms with Crippen LogP contribution >= 0.6 is 12.4 Å². The number of nitrogens with zero attached hydrogens (tertiary/aromatic N) is 2. The summed E-state index contributed by atoms with van der Waals surface area (Å²) in [5.74, 6) is -0.500. The van der Waals surface area contributed by atoms with Crippen molar-refractivity contribution in [3.05, 3.63) is 11.9 Å². The summed E-state index contributed by atoms with van der Waals surface area (Å²) in [6.07, 6.45) is 1.60. The van der Waals surface area contributed by atoms with Crippen molar-refractivity contribution in [1.29, 1.82) is 0 Å². The summed E-state index contributed by atoms with van der Waals surface area (Å²) in [6.45, 7) is 2.59. The van der Waals surface area contributed by atoms with E-state index >= 15 is 0 Å². The summed E-state index contributed by atoms with van der Waals surface area (Å²) in [5, 5.41) is 3.92. The lowest BCUT2D eigenvalue weighted by Gasteiger charge is -1.93. The Hall–Kier alpha value is -1.23. The Morgan fingerprint density at radius 3 is 2.77 bits per heavy atom. The fourth-order valence-corrected chi connectivity index (χ4v) is 0.854. The average Bonchev–Trinajstić information content (AvgIpc) is 2.45. The van der Waals surface area contributed by atoms with Crippen molar-refractivity contribution in [2.24, 2.45) is 0 Å². The number of anilines is 1. The zero-order chi connectivity index (χ0) is 9.14. The first-order valence-electron chi connectivity index (χ1n) is 3.60. The smallest absolute Gasteiger partial charge is 0.360 e. The molecule has 0 saturated carbocycles. The highest BCUT2D eigenvalue weighted by atomic mass is 35.5. The molecule has 6 heteroatoms. The van der Waals surface area contributed by atoms with E-state index in [1.54, 1.807) is 10.9 Å². The molecule has 0 aromatic carbocycles. The maximum atomic E-state index is 11.0. The number of nitrogens with two attached hydrogens (primary N) is 1. The van der Waals surface area contributed by atoms with Gasteiger partial charge in [-0.1, -0.05) is 0 Å². The molecule has 1 heterocycles. The number of hydrogen-bond donors (Lipinski definition) is 1. The molecule has 0 radical (unpaired) electrons. The van der Waals surface area contributed by atoms with Gasteiger partial charge in [0.15, 0.2) is 5.69 Å². The highest BCUT2D eigenvalue weighted by Gasteiger charge is 2.13. The summed E-state index contributed by atoms with van der Waals surface area (Å²) >= 11 is 0. The van der Waals surface area contributed by atoms with Gasteiger partial charge in [-0.15, -0.1) is 12.4 Å². The molecule has 0 spiro atoms. The van der Waals surface area contributed by atoms with E-state index in [0.717, 1.165) is 0 Å². The minimum atomic E-state index is -0.500. The zero-order valence-corrected chi connectivity index (χ0v) is 8.30. The quantitative estimate of drug-likeness (QED) is 0.722. The number of rotatable bonds is 2. The lowest BCUT2D eigenvalue weighted by atomic mass is 10.4.